The molecular weight excluding hydrogens is 242 g/mol. The minimum absolute atomic E-state index is 0.114. The number of nitrogens with zero attached hydrogens (tertiary/aromatic N) is 1. The largest absolute Gasteiger partial charge is 0.390 e. The molecule has 0 fully saturated rings. The molecular formula is C14H25N3O2. The third kappa shape index (κ3) is 4.36. The van der Waals surface area contributed by atoms with Crippen LogP contribution in [0.15, 0.2) is 23.5 Å². The number of hydrogen-bond acceptors (Lipinski definition) is 4. The van der Waals surface area contributed by atoms with Crippen molar-refractivity contribution in [1.82, 2.24) is 15.7 Å². The van der Waals surface area contributed by atoms with Crippen LogP contribution >= 0.6 is 0 Å². The van der Waals surface area contributed by atoms with Crippen molar-refractivity contribution in [2.45, 2.75) is 45.1 Å². The molecule has 0 aliphatic heterocycles. The molecule has 0 aromatic heterocycles. The van der Waals surface area contributed by atoms with E-state index >= 15 is 0 Å². The van der Waals surface area contributed by atoms with E-state index in [4.69, 9.17) is 5.21 Å². The van der Waals surface area contributed by atoms with E-state index in [2.05, 4.69) is 23.8 Å². The van der Waals surface area contributed by atoms with Gasteiger partial charge in [0.1, 0.15) is 0 Å². The summed E-state index contributed by atoms with van der Waals surface area (Å²) in [6.45, 7) is 2.59. The number of carbonyl (C=O) groups is 1. The van der Waals surface area contributed by atoms with E-state index in [1.165, 1.54) is 0 Å². The molecule has 5 heteroatoms. The lowest BCUT2D eigenvalue weighted by Crippen LogP contribution is -2.37. The van der Waals surface area contributed by atoms with Gasteiger partial charge in [0, 0.05) is 25.3 Å². The quantitative estimate of drug-likeness (QED) is 0.440. The van der Waals surface area contributed by atoms with Crippen LogP contribution in [0.5, 0.6) is 0 Å². The van der Waals surface area contributed by atoms with Crippen LogP contribution in [0.25, 0.3) is 0 Å². The highest BCUT2D eigenvalue weighted by molar-refractivity contribution is 5.55. The van der Waals surface area contributed by atoms with Crippen LogP contribution in [0, 0.1) is 0 Å². The summed E-state index contributed by atoms with van der Waals surface area (Å²) in [6.07, 6.45) is 9.62. The highest BCUT2D eigenvalue weighted by atomic mass is 16.5. The summed E-state index contributed by atoms with van der Waals surface area (Å²) in [5.74, 6) is 0. The molecule has 1 amide bonds. The number of hydrogen-bond donors (Lipinski definition) is 3. The zero-order valence-electron chi connectivity index (χ0n) is 11.9. The minimum Gasteiger partial charge on any atom is -0.390 e. The molecule has 0 bridgehead atoms. The van der Waals surface area contributed by atoms with E-state index in [0.29, 0.717) is 6.54 Å². The highest BCUT2D eigenvalue weighted by Crippen LogP contribution is 2.23. The molecule has 0 radical (unpaired) electrons. The Bertz CT molecular complexity index is 340. The Morgan fingerprint density at radius 3 is 2.89 bits per heavy atom. The second kappa shape index (κ2) is 8.72. The van der Waals surface area contributed by atoms with Crippen molar-refractivity contribution in [3.63, 3.8) is 0 Å². The van der Waals surface area contributed by atoms with Gasteiger partial charge in [-0.2, -0.15) is 0 Å². The average Bonchev–Trinajstić information content (AvgIpc) is 2.46. The zero-order chi connectivity index (χ0) is 14.1. The first kappa shape index (κ1) is 15.7. The van der Waals surface area contributed by atoms with Gasteiger partial charge in [0.15, 0.2) is 0 Å². The van der Waals surface area contributed by atoms with Gasteiger partial charge in [-0.25, -0.2) is 5.48 Å². The first-order valence-electron chi connectivity index (χ1n) is 6.96. The summed E-state index contributed by atoms with van der Waals surface area (Å²) in [6, 6.07) is 0.114. The lowest BCUT2D eigenvalue weighted by atomic mass is 10.0. The summed E-state index contributed by atoms with van der Waals surface area (Å²) < 4.78 is 0. The van der Waals surface area contributed by atoms with Crippen LogP contribution in [-0.4, -0.2) is 36.2 Å². The Morgan fingerprint density at radius 1 is 1.53 bits per heavy atom. The Morgan fingerprint density at radius 2 is 2.32 bits per heavy atom. The number of amides is 1. The van der Waals surface area contributed by atoms with Crippen molar-refractivity contribution >= 4 is 6.41 Å². The van der Waals surface area contributed by atoms with Crippen molar-refractivity contribution in [3.05, 3.63) is 23.5 Å². The van der Waals surface area contributed by atoms with Crippen molar-refractivity contribution in [2.24, 2.45) is 0 Å². The molecule has 0 saturated heterocycles. The van der Waals surface area contributed by atoms with E-state index in [0.717, 1.165) is 49.9 Å². The summed E-state index contributed by atoms with van der Waals surface area (Å²) in [5, 5.41) is 11.9. The topological polar surface area (TPSA) is 64.6 Å². The smallest absolute Gasteiger partial charge is 0.214 e. The van der Waals surface area contributed by atoms with Crippen LogP contribution in [0.3, 0.4) is 0 Å². The van der Waals surface area contributed by atoms with Gasteiger partial charge in [-0.15, -0.1) is 0 Å². The number of carbonyl (C=O) groups excluding carboxylic acids is 1. The highest BCUT2D eigenvalue weighted by Gasteiger charge is 2.21. The SMILES string of the molecule is CCCC(CCNO)N(C=O)C1=C(NC)CCC=C1. The predicted molar refractivity (Wildman–Crippen MR) is 75.5 cm³/mol. The van der Waals surface area contributed by atoms with Gasteiger partial charge in [0.25, 0.3) is 0 Å². The Labute approximate surface area is 115 Å². The van der Waals surface area contributed by atoms with Gasteiger partial charge in [-0.05, 0) is 31.8 Å². The number of allylic oxidation sites excluding steroid dienone is 3. The molecule has 1 aliphatic carbocycles. The van der Waals surface area contributed by atoms with Crippen LogP contribution in [0.1, 0.15) is 39.0 Å². The van der Waals surface area contributed by atoms with Gasteiger partial charge < -0.3 is 15.4 Å². The normalized spacial score (nSPS) is 16.4. The molecule has 108 valence electrons. The third-order valence-electron chi connectivity index (χ3n) is 3.44. The Kier molecular flexibility index (Phi) is 7.22. The van der Waals surface area contributed by atoms with Crippen LogP contribution in [0.4, 0.5) is 0 Å². The molecule has 1 unspecified atom stereocenters. The van der Waals surface area contributed by atoms with Crippen molar-refractivity contribution in [1.29, 1.82) is 0 Å². The van der Waals surface area contributed by atoms with Gasteiger partial charge >= 0.3 is 0 Å². The van der Waals surface area contributed by atoms with Gasteiger partial charge in [-0.1, -0.05) is 19.4 Å². The monoisotopic (exact) mass is 267 g/mol. The van der Waals surface area contributed by atoms with Crippen LogP contribution in [-0.2, 0) is 4.79 Å². The standard InChI is InChI=1S/C14H25N3O2/c1-3-6-12(9-10-16-19)17(11-18)14-8-5-4-7-13(14)15-2/h5,8,11-12,15-16,19H,3-4,6-7,9-10H2,1-2H3. The van der Waals surface area contributed by atoms with E-state index in [1.807, 2.05) is 13.1 Å². The fourth-order valence-corrected chi connectivity index (χ4v) is 2.47. The molecule has 1 rings (SSSR count). The van der Waals surface area contributed by atoms with Crippen molar-refractivity contribution < 1.29 is 10.0 Å². The van der Waals surface area contributed by atoms with Gasteiger partial charge in [-0.3, -0.25) is 4.79 Å². The number of nitrogens with one attached hydrogen (secondary N) is 2. The molecule has 0 heterocycles. The molecule has 1 atom stereocenters. The summed E-state index contributed by atoms with van der Waals surface area (Å²) in [7, 11) is 1.89. The van der Waals surface area contributed by atoms with Crippen LogP contribution < -0.4 is 10.8 Å². The van der Waals surface area contributed by atoms with E-state index < -0.39 is 0 Å². The van der Waals surface area contributed by atoms with E-state index in [-0.39, 0.29) is 6.04 Å². The van der Waals surface area contributed by atoms with E-state index in [1.54, 1.807) is 4.90 Å². The molecule has 0 spiro atoms. The molecule has 3 N–H and O–H groups in total. The van der Waals surface area contributed by atoms with Crippen molar-refractivity contribution in [2.75, 3.05) is 13.6 Å². The summed E-state index contributed by atoms with van der Waals surface area (Å²) in [5.41, 5.74) is 4.23. The maximum absolute atomic E-state index is 11.5. The Hall–Kier alpha value is -1.33. The van der Waals surface area contributed by atoms with Crippen molar-refractivity contribution in [3.8, 4) is 0 Å². The third-order valence-corrected chi connectivity index (χ3v) is 3.44. The average molecular weight is 267 g/mol. The molecule has 5 nitrogen and oxygen atoms in total. The minimum atomic E-state index is 0.114. The first-order chi connectivity index (χ1) is 9.28. The van der Waals surface area contributed by atoms with Crippen LogP contribution in [0.2, 0.25) is 0 Å². The Balaban J connectivity index is 2.91. The molecule has 1 aliphatic rings. The molecule has 0 aromatic carbocycles. The maximum atomic E-state index is 11.5. The molecule has 19 heavy (non-hydrogen) atoms. The lowest BCUT2D eigenvalue weighted by molar-refractivity contribution is -0.118. The summed E-state index contributed by atoms with van der Waals surface area (Å²) in [4.78, 5) is 13.3. The zero-order valence-corrected chi connectivity index (χ0v) is 11.9. The number of rotatable bonds is 9. The van der Waals surface area contributed by atoms with Gasteiger partial charge in [0.05, 0.1) is 5.70 Å². The van der Waals surface area contributed by atoms with Gasteiger partial charge in [0.2, 0.25) is 6.41 Å². The maximum Gasteiger partial charge on any atom is 0.214 e. The molecule has 0 aromatic rings. The second-order valence-electron chi connectivity index (χ2n) is 4.71. The lowest BCUT2D eigenvalue weighted by Gasteiger charge is -2.32. The number of hydroxylamine groups is 1. The summed E-state index contributed by atoms with van der Waals surface area (Å²) >= 11 is 0. The van der Waals surface area contributed by atoms with E-state index in [9.17, 15) is 4.79 Å². The second-order valence-corrected chi connectivity index (χ2v) is 4.71. The fourth-order valence-electron chi connectivity index (χ4n) is 2.47. The predicted octanol–water partition coefficient (Wildman–Crippen LogP) is 1.76. The first-order valence-corrected chi connectivity index (χ1v) is 6.96. The fraction of sp³-hybridized carbons (Fsp3) is 0.643. The molecule has 0 saturated carbocycles.